The Morgan fingerprint density at radius 3 is 2.21 bits per heavy atom. The van der Waals surface area contributed by atoms with Gasteiger partial charge in [0, 0.05) is 5.33 Å². The van der Waals surface area contributed by atoms with Crippen molar-refractivity contribution in [2.45, 2.75) is 33.1 Å². The molecule has 1 aromatic rings. The van der Waals surface area contributed by atoms with Crippen LogP contribution in [0.25, 0.3) is 0 Å². The number of unbranched alkanes of at least 4 members (excludes halogenated alkanes) is 1. The van der Waals surface area contributed by atoms with Crippen LogP contribution >= 0.6 is 15.9 Å². The summed E-state index contributed by atoms with van der Waals surface area (Å²) < 4.78 is 0. The van der Waals surface area contributed by atoms with Crippen molar-refractivity contribution in [2.75, 3.05) is 5.33 Å². The molecule has 0 unspecified atom stereocenters. The third-order valence-electron chi connectivity index (χ3n) is 2.05. The van der Waals surface area contributed by atoms with Crippen LogP contribution in [-0.2, 0) is 39.1 Å². The SMILES string of the molecule is Cc1[c-]c(C)cc(CCCCBr)c1.[Y+3]. The second kappa shape index (κ2) is 8.01. The van der Waals surface area contributed by atoms with Crippen molar-refractivity contribution in [3.05, 3.63) is 34.9 Å². The summed E-state index contributed by atoms with van der Waals surface area (Å²) in [5.74, 6) is 0. The standard InChI is InChI=1S/C12H16Br.Y/c1-10-7-11(2)9-12(8-10)5-3-4-6-13;/h8-9H,3-6H2,1-2H3;/q-1;+3. The molecular weight excluding hydrogens is 313 g/mol. The average Bonchev–Trinajstić information content (AvgIpc) is 2.03. The third-order valence-corrected chi connectivity index (χ3v) is 2.61. The number of alkyl halides is 1. The van der Waals surface area contributed by atoms with E-state index in [2.05, 4.69) is 48.0 Å². The van der Waals surface area contributed by atoms with Gasteiger partial charge in [0.2, 0.25) is 0 Å². The zero-order valence-corrected chi connectivity index (χ0v) is 13.4. The summed E-state index contributed by atoms with van der Waals surface area (Å²) in [5, 5.41) is 1.12. The molecule has 0 aliphatic heterocycles. The molecule has 0 heterocycles. The van der Waals surface area contributed by atoms with Crippen LogP contribution in [0.1, 0.15) is 29.5 Å². The minimum atomic E-state index is 0. The summed E-state index contributed by atoms with van der Waals surface area (Å²) >= 11 is 3.45. The van der Waals surface area contributed by atoms with Gasteiger partial charge >= 0.3 is 32.7 Å². The summed E-state index contributed by atoms with van der Waals surface area (Å²) in [4.78, 5) is 0. The molecule has 0 bridgehead atoms. The molecule has 0 atom stereocenters. The number of hydrogen-bond donors (Lipinski definition) is 0. The van der Waals surface area contributed by atoms with E-state index in [1.165, 1.54) is 36.0 Å². The van der Waals surface area contributed by atoms with Crippen LogP contribution in [0.3, 0.4) is 0 Å². The van der Waals surface area contributed by atoms with Crippen LogP contribution < -0.4 is 0 Å². The summed E-state index contributed by atoms with van der Waals surface area (Å²) in [6.45, 7) is 4.22. The molecule has 14 heavy (non-hydrogen) atoms. The number of halogens is 1. The first-order valence-corrected chi connectivity index (χ1v) is 5.90. The van der Waals surface area contributed by atoms with Crippen molar-refractivity contribution in [1.29, 1.82) is 0 Å². The van der Waals surface area contributed by atoms with Gasteiger partial charge in [-0.3, -0.25) is 0 Å². The van der Waals surface area contributed by atoms with Gasteiger partial charge in [0.15, 0.2) is 0 Å². The van der Waals surface area contributed by atoms with Crippen molar-refractivity contribution >= 4 is 15.9 Å². The van der Waals surface area contributed by atoms with Crippen molar-refractivity contribution in [3.63, 3.8) is 0 Å². The van der Waals surface area contributed by atoms with Gasteiger partial charge in [-0.15, -0.1) is 0 Å². The monoisotopic (exact) mass is 328 g/mol. The Morgan fingerprint density at radius 2 is 1.71 bits per heavy atom. The molecule has 0 aliphatic carbocycles. The van der Waals surface area contributed by atoms with Gasteiger partial charge in [0.05, 0.1) is 0 Å². The summed E-state index contributed by atoms with van der Waals surface area (Å²) in [7, 11) is 0. The van der Waals surface area contributed by atoms with E-state index in [-0.39, 0.29) is 32.7 Å². The van der Waals surface area contributed by atoms with E-state index in [0.717, 1.165) is 5.33 Å². The fraction of sp³-hybridized carbons (Fsp3) is 0.500. The van der Waals surface area contributed by atoms with E-state index in [0.29, 0.717) is 0 Å². The summed E-state index contributed by atoms with van der Waals surface area (Å²) in [6, 6.07) is 7.77. The number of benzene rings is 1. The molecule has 1 aromatic carbocycles. The Morgan fingerprint density at radius 1 is 1.14 bits per heavy atom. The molecule has 0 fully saturated rings. The molecule has 0 nitrogen and oxygen atoms in total. The Kier molecular flexibility index (Phi) is 8.47. The first-order valence-electron chi connectivity index (χ1n) is 4.78. The molecule has 2 heteroatoms. The smallest absolute Gasteiger partial charge is 0.177 e. The Hall–Kier alpha value is 0.804. The number of aryl methyl sites for hydroxylation is 3. The molecule has 0 spiro atoms. The van der Waals surface area contributed by atoms with Gasteiger partial charge < -0.3 is 0 Å². The van der Waals surface area contributed by atoms with E-state index in [9.17, 15) is 0 Å². The van der Waals surface area contributed by atoms with Crippen molar-refractivity contribution < 1.29 is 32.7 Å². The molecule has 0 aromatic heterocycles. The van der Waals surface area contributed by atoms with Crippen molar-refractivity contribution in [3.8, 4) is 0 Å². The maximum atomic E-state index is 3.45. The molecule has 0 aliphatic rings. The second-order valence-corrected chi connectivity index (χ2v) is 4.29. The maximum Gasteiger partial charge on any atom is 3.00 e. The second-order valence-electron chi connectivity index (χ2n) is 3.50. The quantitative estimate of drug-likeness (QED) is 0.448. The van der Waals surface area contributed by atoms with Crippen LogP contribution in [0.2, 0.25) is 0 Å². The maximum absolute atomic E-state index is 3.45. The third kappa shape index (κ3) is 5.63. The van der Waals surface area contributed by atoms with Gasteiger partial charge in [0.1, 0.15) is 0 Å². The zero-order chi connectivity index (χ0) is 9.68. The molecular formula is C12H16BrY+2. The van der Waals surface area contributed by atoms with Crippen molar-refractivity contribution in [1.82, 2.24) is 0 Å². The molecule has 0 radical (unpaired) electrons. The van der Waals surface area contributed by atoms with E-state index >= 15 is 0 Å². The Balaban J connectivity index is 0.00000169. The average molecular weight is 329 g/mol. The Labute approximate surface area is 121 Å². The predicted octanol–water partition coefficient (Wildman–Crippen LogP) is 3.82. The molecule has 0 saturated carbocycles. The number of rotatable bonds is 4. The van der Waals surface area contributed by atoms with Crippen LogP contribution in [0, 0.1) is 19.9 Å². The summed E-state index contributed by atoms with van der Waals surface area (Å²) in [5.41, 5.74) is 3.97. The van der Waals surface area contributed by atoms with Gasteiger partial charge in [-0.1, -0.05) is 42.6 Å². The van der Waals surface area contributed by atoms with Gasteiger partial charge in [-0.25, -0.2) is 0 Å². The van der Waals surface area contributed by atoms with Crippen LogP contribution in [0.4, 0.5) is 0 Å². The minimum Gasteiger partial charge on any atom is -0.177 e. The molecule has 0 N–H and O–H groups in total. The van der Waals surface area contributed by atoms with Crippen LogP contribution in [-0.4, -0.2) is 5.33 Å². The van der Waals surface area contributed by atoms with E-state index in [4.69, 9.17) is 0 Å². The van der Waals surface area contributed by atoms with Gasteiger partial charge in [-0.05, 0) is 6.42 Å². The van der Waals surface area contributed by atoms with Crippen LogP contribution in [0.15, 0.2) is 12.1 Å². The van der Waals surface area contributed by atoms with E-state index in [1.807, 2.05) is 0 Å². The fourth-order valence-electron chi connectivity index (χ4n) is 1.55. The van der Waals surface area contributed by atoms with Gasteiger partial charge in [-0.2, -0.15) is 34.9 Å². The summed E-state index contributed by atoms with van der Waals surface area (Å²) in [6.07, 6.45) is 3.73. The van der Waals surface area contributed by atoms with Crippen LogP contribution in [0.5, 0.6) is 0 Å². The fourth-order valence-corrected chi connectivity index (χ4v) is 1.95. The Bertz CT molecular complexity index is 251. The zero-order valence-electron chi connectivity index (χ0n) is 8.94. The molecule has 0 saturated heterocycles. The van der Waals surface area contributed by atoms with Gasteiger partial charge in [0.25, 0.3) is 0 Å². The van der Waals surface area contributed by atoms with E-state index in [1.54, 1.807) is 0 Å². The topological polar surface area (TPSA) is 0 Å². The molecule has 1 rings (SSSR count). The first-order chi connectivity index (χ1) is 6.22. The number of hydrogen-bond acceptors (Lipinski definition) is 0. The molecule has 0 amide bonds. The largest absolute Gasteiger partial charge is 3.00 e. The normalized spacial score (nSPS) is 9.64. The molecule has 72 valence electrons. The predicted molar refractivity (Wildman–Crippen MR) is 61.5 cm³/mol. The van der Waals surface area contributed by atoms with E-state index < -0.39 is 0 Å². The first kappa shape index (κ1) is 14.8. The minimum absolute atomic E-state index is 0. The van der Waals surface area contributed by atoms with Crippen molar-refractivity contribution in [2.24, 2.45) is 0 Å².